The van der Waals surface area contributed by atoms with E-state index in [4.69, 9.17) is 29.9 Å². The van der Waals surface area contributed by atoms with E-state index in [1.54, 1.807) is 6.92 Å². The molecule has 0 bridgehead atoms. The van der Waals surface area contributed by atoms with Crippen LogP contribution in [0.5, 0.6) is 46.0 Å². The molecule has 0 aliphatic heterocycles. The van der Waals surface area contributed by atoms with Gasteiger partial charge in [0.2, 0.25) is 5.75 Å². The summed E-state index contributed by atoms with van der Waals surface area (Å²) < 4.78 is 62.6. The van der Waals surface area contributed by atoms with E-state index in [1.807, 2.05) is 0 Å². The van der Waals surface area contributed by atoms with Gasteiger partial charge in [0.15, 0.2) is 92.2 Å². The van der Waals surface area contributed by atoms with Crippen LogP contribution in [0.2, 0.25) is 0 Å². The second-order valence-corrected chi connectivity index (χ2v) is 19.3. The zero-order chi connectivity index (χ0) is 74.4. The second-order valence-electron chi connectivity index (χ2n) is 19.3. The van der Waals surface area contributed by atoms with Crippen LogP contribution < -0.4 is 9.47 Å². The number of nitro groups is 6. The maximum atomic E-state index is 13.6. The lowest BCUT2D eigenvalue weighted by molar-refractivity contribution is -0.386. The fourth-order valence-electron chi connectivity index (χ4n) is 8.36. The molecule has 0 atom stereocenters. The van der Waals surface area contributed by atoms with Gasteiger partial charge in [0, 0.05) is 62.7 Å². The number of aromatic hydroxyl groups is 6. The van der Waals surface area contributed by atoms with Gasteiger partial charge in [-0.05, 0) is 83.1 Å². The summed E-state index contributed by atoms with van der Waals surface area (Å²) in [6.07, 6.45) is 0. The first-order chi connectivity index (χ1) is 43.6. The summed E-state index contributed by atoms with van der Waals surface area (Å²) in [4.78, 5) is 126. The number of benzene rings is 6. The first-order valence-electron chi connectivity index (χ1n) is 25.8. The predicted octanol–water partition coefficient (Wildman–Crippen LogP) is 11.4. The zero-order valence-electron chi connectivity index (χ0n) is 52.0. The Kier molecular flexibility index (Phi) is 29.9. The highest BCUT2D eigenvalue weighted by Crippen LogP contribution is 2.44. The van der Waals surface area contributed by atoms with E-state index in [9.17, 15) is 127 Å². The number of ether oxygens (including phenoxy) is 2. The Labute approximate surface area is 537 Å². The van der Waals surface area contributed by atoms with E-state index < -0.39 is 157 Å². The lowest BCUT2D eigenvalue weighted by atomic mass is 9.94. The second kappa shape index (κ2) is 34.3. The number of rotatable bonds is 15. The lowest BCUT2D eigenvalue weighted by Crippen LogP contribution is -2.07. The molecule has 0 spiro atoms. The molecule has 0 saturated carbocycles. The van der Waals surface area contributed by atoms with Crippen molar-refractivity contribution in [3.8, 4) is 46.0 Å². The minimum absolute atomic E-state index is 0. The van der Waals surface area contributed by atoms with E-state index in [1.165, 1.54) is 62.5 Å². The standard InChI is InChI=1S/C11H13NO5.C11H13NO4.C10H10FNO5.C9H8FNO5.C8H6FNO5.C8H6FNO4.CH4/c1-5-6(2)10(14)11(17-4)8(7(3)13)9(5)12(15)16;1-5-6(2)11(14)7(3)9(8(4)13)10(5)12(15)16;1-4-9(14)7(11)6(5(2)13)8(12(15)16)10(4)17-3;1-4(13)7-6(11(15)16)2-5(3-12)9(14)8(7)10;1-3-2-4(10(14)15)5(8(12)13)6(9)7(3)11;1-4(11)5-2-8(12)6(9)3-7(5)10(13)14;/h14H,1-4H3;14H,1-4H3;14H,1-3H3;2,12,14H,3H2,1H3;2,11H,1H3,(H,12,13);2-3,12H,1H3;1H4. The third-order valence-corrected chi connectivity index (χ3v) is 13.3. The fraction of sp³-hybridized carbons (Fsp3) is 0.276. The van der Waals surface area contributed by atoms with Crippen molar-refractivity contribution < 1.29 is 126 Å². The number of carbonyl (C=O) groups excluding carboxylic acids is 5. The van der Waals surface area contributed by atoms with Gasteiger partial charge in [-0.2, -0.15) is 0 Å². The van der Waals surface area contributed by atoms with Crippen LogP contribution in [0, 0.1) is 132 Å². The molecule has 0 aromatic heterocycles. The molecule has 0 saturated heterocycles. The van der Waals surface area contributed by atoms with Crippen LogP contribution in [0.15, 0.2) is 24.3 Å². The van der Waals surface area contributed by atoms with Crippen LogP contribution in [0.1, 0.15) is 149 Å². The number of carboxylic acid groups (broad SMARTS) is 1. The lowest BCUT2D eigenvalue weighted by Gasteiger charge is -2.13. The minimum atomic E-state index is -1.80. The first kappa shape index (κ1) is 83.6. The number of aryl methyl sites for hydroxylation is 1. The topological polar surface area (TPSA) is 542 Å². The number of halogens is 4. The van der Waals surface area contributed by atoms with Crippen molar-refractivity contribution in [2.75, 3.05) is 14.2 Å². The van der Waals surface area contributed by atoms with Gasteiger partial charge in [0.05, 0.1) is 62.0 Å². The molecule has 0 aliphatic rings. The average Bonchev–Trinajstić information content (AvgIpc) is 0.814. The van der Waals surface area contributed by atoms with Crippen LogP contribution in [0.4, 0.5) is 51.7 Å². The van der Waals surface area contributed by atoms with Crippen molar-refractivity contribution in [1.29, 1.82) is 0 Å². The zero-order valence-corrected chi connectivity index (χ0v) is 52.0. The molecule has 6 aromatic carbocycles. The highest BCUT2D eigenvalue weighted by atomic mass is 19.1. The molecular weight excluding hydrogens is 1300 g/mol. The number of ketones is 5. The molecule has 96 heavy (non-hydrogen) atoms. The Morgan fingerprint density at radius 2 is 0.802 bits per heavy atom. The molecule has 8 N–H and O–H groups in total. The van der Waals surface area contributed by atoms with E-state index in [0.717, 1.165) is 46.1 Å². The Morgan fingerprint density at radius 1 is 0.417 bits per heavy atom. The summed E-state index contributed by atoms with van der Waals surface area (Å²) >= 11 is 0. The van der Waals surface area contributed by atoms with E-state index in [0.29, 0.717) is 22.8 Å². The molecule has 38 heteroatoms. The van der Waals surface area contributed by atoms with E-state index in [-0.39, 0.29) is 86.3 Å². The van der Waals surface area contributed by atoms with E-state index in [2.05, 4.69) is 0 Å². The molecule has 34 nitrogen and oxygen atoms in total. The summed E-state index contributed by atoms with van der Waals surface area (Å²) in [6.45, 7) is 14.8. The molecule has 0 unspecified atom stereocenters. The van der Waals surface area contributed by atoms with Gasteiger partial charge in [-0.3, -0.25) is 84.7 Å². The number of phenolic OH excluding ortho intramolecular Hbond substituents is 5. The number of phenols is 6. The number of Topliss-reactive ketones (excluding diaryl/α,β-unsaturated/α-hetero) is 5. The Bertz CT molecular complexity index is 4050. The summed E-state index contributed by atoms with van der Waals surface area (Å²) in [5.41, 5.74) is -5.74. The maximum absolute atomic E-state index is 13.6. The van der Waals surface area contributed by atoms with Crippen LogP contribution in [-0.2, 0) is 6.61 Å². The van der Waals surface area contributed by atoms with Crippen molar-refractivity contribution >= 4 is 69.0 Å². The molecule has 6 rings (SSSR count). The van der Waals surface area contributed by atoms with Crippen molar-refractivity contribution in [1.82, 2.24) is 0 Å². The molecule has 0 fully saturated rings. The molecule has 0 heterocycles. The van der Waals surface area contributed by atoms with Crippen molar-refractivity contribution in [2.24, 2.45) is 0 Å². The molecule has 0 radical (unpaired) electrons. The number of aliphatic hydroxyl groups excluding tert-OH is 1. The minimum Gasteiger partial charge on any atom is -0.507 e. The number of methoxy groups -OCH3 is 2. The molecule has 518 valence electrons. The monoisotopic (exact) mass is 1360 g/mol. The molecule has 0 amide bonds. The van der Waals surface area contributed by atoms with Crippen LogP contribution >= 0.6 is 0 Å². The Morgan fingerprint density at radius 3 is 1.17 bits per heavy atom. The van der Waals surface area contributed by atoms with Crippen molar-refractivity contribution in [3.63, 3.8) is 0 Å². The van der Waals surface area contributed by atoms with Crippen molar-refractivity contribution in [3.05, 3.63) is 186 Å². The van der Waals surface area contributed by atoms with Crippen LogP contribution in [0.3, 0.4) is 0 Å². The molecular formula is C58H60F4N6O28. The third kappa shape index (κ3) is 18.4. The van der Waals surface area contributed by atoms with Crippen LogP contribution in [-0.4, -0.2) is 119 Å². The predicted molar refractivity (Wildman–Crippen MR) is 324 cm³/mol. The summed E-state index contributed by atoms with van der Waals surface area (Å²) in [5, 5.41) is 138. The fourth-order valence-corrected chi connectivity index (χ4v) is 8.36. The quantitative estimate of drug-likeness (QED) is 0.0205. The number of hydrogen-bond donors (Lipinski definition) is 8. The average molecular weight is 1370 g/mol. The summed E-state index contributed by atoms with van der Waals surface area (Å²) in [6, 6.07) is 2.85. The Balaban J connectivity index is 0.00000113. The van der Waals surface area contributed by atoms with Crippen molar-refractivity contribution in [2.45, 2.75) is 97.1 Å². The van der Waals surface area contributed by atoms with Gasteiger partial charge >= 0.3 is 11.7 Å². The first-order valence-corrected chi connectivity index (χ1v) is 25.8. The van der Waals surface area contributed by atoms with E-state index >= 15 is 0 Å². The molecule has 6 aromatic rings. The van der Waals surface area contributed by atoms with Gasteiger partial charge in [0.1, 0.15) is 28.0 Å². The number of carboxylic acids is 1. The largest absolute Gasteiger partial charge is 0.507 e. The van der Waals surface area contributed by atoms with Gasteiger partial charge in [-0.1, -0.05) is 7.43 Å². The number of carbonyl (C=O) groups is 6. The highest BCUT2D eigenvalue weighted by molar-refractivity contribution is 6.04. The number of aliphatic hydroxyl groups is 1. The normalized spacial score (nSPS) is 9.99. The van der Waals surface area contributed by atoms with Gasteiger partial charge in [-0.15, -0.1) is 0 Å². The maximum Gasteiger partial charge on any atom is 0.345 e. The number of nitrogens with zero attached hydrogens (tertiary/aromatic N) is 6. The third-order valence-electron chi connectivity index (χ3n) is 13.3. The highest BCUT2D eigenvalue weighted by Gasteiger charge is 2.35. The van der Waals surface area contributed by atoms with Gasteiger partial charge in [-0.25, -0.2) is 22.4 Å². The summed E-state index contributed by atoms with van der Waals surface area (Å²) in [5.74, 6) is -14.6. The van der Waals surface area contributed by atoms with Gasteiger partial charge in [0.25, 0.3) is 28.4 Å². The Hall–Kier alpha value is -12.4. The van der Waals surface area contributed by atoms with Crippen LogP contribution in [0.25, 0.3) is 0 Å². The SMILES string of the molecule is C.CC(=O)c1c(C)c(O)c(C)c(C)c1[N+](=O)[O-].CC(=O)c1c([N+](=O)[O-])cc(CO)c(O)c1F.CC(=O)c1cc(O)c(F)cc1[N+](=O)[O-].COc1c(C)c(O)c(F)c(C(C)=O)c1[N+](=O)[O-].COc1c(O)c(C)c(C)c([N+](=O)[O-])c1C(C)=O.Cc1cc([N+](=O)[O-])c(C(=O)O)c(F)c1O. The number of nitro benzene ring substituents is 6. The summed E-state index contributed by atoms with van der Waals surface area (Å²) in [7, 11) is 2.39. The molecule has 0 aliphatic carbocycles. The number of hydrogen-bond acceptors (Lipinski definition) is 27. The number of aromatic carboxylic acids is 1. The smallest absolute Gasteiger partial charge is 0.345 e. The van der Waals surface area contributed by atoms with Gasteiger partial charge < -0.3 is 50.3 Å².